The van der Waals surface area contributed by atoms with Gasteiger partial charge in [0.25, 0.3) is 0 Å². The second-order valence-electron chi connectivity index (χ2n) is 5.66. The van der Waals surface area contributed by atoms with Crippen molar-refractivity contribution in [3.8, 4) is 17.2 Å². The van der Waals surface area contributed by atoms with Crippen LogP contribution in [0.25, 0.3) is 11.1 Å². The Morgan fingerprint density at radius 1 is 1.26 bits per heavy atom. The van der Waals surface area contributed by atoms with Crippen molar-refractivity contribution >= 4 is 35.0 Å². The zero-order valence-corrected chi connectivity index (χ0v) is 14.8. The molecule has 0 radical (unpaired) electrons. The molecule has 1 atom stereocenters. The van der Waals surface area contributed by atoms with Gasteiger partial charge in [-0.2, -0.15) is 10.4 Å². The maximum absolute atomic E-state index is 11.6. The third-order valence-electron chi connectivity index (χ3n) is 3.73. The summed E-state index contributed by atoms with van der Waals surface area (Å²) in [6.45, 7) is 0. The molecule has 2 aromatic rings. The highest BCUT2D eigenvalue weighted by atomic mass is 32.2. The van der Waals surface area contributed by atoms with Gasteiger partial charge in [0.05, 0.1) is 24.3 Å². The molecule has 7 nitrogen and oxygen atoms in total. The van der Waals surface area contributed by atoms with Gasteiger partial charge >= 0.3 is 5.97 Å². The molecule has 0 saturated carbocycles. The Hall–Kier alpha value is -3.44. The first kappa shape index (κ1) is 18.4. The number of benzene rings is 2. The summed E-state index contributed by atoms with van der Waals surface area (Å²) in [6.07, 6.45) is 1.29. The number of nitrogens with one attached hydrogen (secondary N) is 1. The fraction of sp³-hybridized carbons (Fsp3) is 0.105. The second-order valence-corrected chi connectivity index (χ2v) is 6.85. The van der Waals surface area contributed by atoms with Gasteiger partial charge in [-0.3, -0.25) is 9.59 Å². The Labute approximate surface area is 159 Å². The van der Waals surface area contributed by atoms with Crippen molar-refractivity contribution in [1.82, 2.24) is 5.32 Å². The number of nitriles is 1. The molecule has 8 heteroatoms. The molecule has 0 aromatic heterocycles. The molecule has 1 heterocycles. The summed E-state index contributed by atoms with van der Waals surface area (Å²) in [5, 5.41) is 27.7. The number of rotatable bonds is 5. The Balaban J connectivity index is 1.65. The smallest absolute Gasteiger partial charge is 0.305 e. The van der Waals surface area contributed by atoms with Crippen molar-refractivity contribution in [1.29, 1.82) is 5.26 Å². The molecule has 1 amide bonds. The number of hydrogen-bond acceptors (Lipinski definition) is 6. The van der Waals surface area contributed by atoms with Crippen molar-refractivity contribution in [3.05, 3.63) is 59.7 Å². The average Bonchev–Trinajstić information content (AvgIpc) is 3.01. The van der Waals surface area contributed by atoms with Crippen LogP contribution >= 0.6 is 11.8 Å². The summed E-state index contributed by atoms with van der Waals surface area (Å²) in [5.74, 6) is -1.41. The molecule has 1 aliphatic heterocycles. The molecule has 134 valence electrons. The third kappa shape index (κ3) is 4.80. The first-order valence-corrected chi connectivity index (χ1v) is 8.84. The Morgan fingerprint density at radius 2 is 2.04 bits per heavy atom. The van der Waals surface area contributed by atoms with Crippen LogP contribution in [-0.2, 0) is 9.59 Å². The third-order valence-corrected chi connectivity index (χ3v) is 4.80. The maximum Gasteiger partial charge on any atom is 0.305 e. The van der Waals surface area contributed by atoms with Gasteiger partial charge in [-0.1, -0.05) is 48.2 Å². The molecular weight excluding hydrogens is 364 g/mol. The number of carbonyl (C=O) groups excluding carboxylic acids is 1. The summed E-state index contributed by atoms with van der Waals surface area (Å²) in [7, 11) is 0. The number of hydrogen-bond donors (Lipinski definition) is 2. The zero-order chi connectivity index (χ0) is 19.2. The van der Waals surface area contributed by atoms with E-state index >= 15 is 0 Å². The van der Waals surface area contributed by atoms with Crippen LogP contribution in [0.3, 0.4) is 0 Å². The molecule has 1 aliphatic rings. The van der Waals surface area contributed by atoms with Crippen LogP contribution in [0.2, 0.25) is 0 Å². The number of thioether (sulfide) groups is 1. The van der Waals surface area contributed by atoms with E-state index in [4.69, 9.17) is 10.4 Å². The molecule has 0 spiro atoms. The SMILES string of the molecule is N#Cc1cccc(-c2ccc(C=NN=C3NC(=O)C(CC(=O)O)S3)cc2)c1. The van der Waals surface area contributed by atoms with Crippen molar-refractivity contribution in [2.24, 2.45) is 10.2 Å². The van der Waals surface area contributed by atoms with E-state index in [1.165, 1.54) is 0 Å². The van der Waals surface area contributed by atoms with Gasteiger partial charge in [0.1, 0.15) is 5.25 Å². The number of carbonyl (C=O) groups is 2. The number of aliphatic carboxylic acids is 1. The predicted molar refractivity (Wildman–Crippen MR) is 103 cm³/mol. The van der Waals surface area contributed by atoms with E-state index in [2.05, 4.69) is 21.6 Å². The number of carboxylic acids is 1. The lowest BCUT2D eigenvalue weighted by molar-refractivity contribution is -0.138. The van der Waals surface area contributed by atoms with Crippen molar-refractivity contribution in [2.45, 2.75) is 11.7 Å². The van der Waals surface area contributed by atoms with Crippen LogP contribution < -0.4 is 5.32 Å². The fourth-order valence-corrected chi connectivity index (χ4v) is 3.34. The highest BCUT2D eigenvalue weighted by Gasteiger charge is 2.32. The zero-order valence-electron chi connectivity index (χ0n) is 14.0. The van der Waals surface area contributed by atoms with Crippen LogP contribution in [0.15, 0.2) is 58.7 Å². The largest absolute Gasteiger partial charge is 0.481 e. The molecule has 3 rings (SSSR count). The summed E-state index contributed by atoms with van der Waals surface area (Å²) < 4.78 is 0. The molecule has 0 bridgehead atoms. The first-order chi connectivity index (χ1) is 13.0. The van der Waals surface area contributed by atoms with Crippen molar-refractivity contribution in [3.63, 3.8) is 0 Å². The van der Waals surface area contributed by atoms with Gasteiger partial charge < -0.3 is 10.4 Å². The minimum atomic E-state index is -1.03. The molecule has 2 aromatic carbocycles. The molecule has 1 unspecified atom stereocenters. The first-order valence-electron chi connectivity index (χ1n) is 7.96. The number of nitrogens with zero attached hydrogens (tertiary/aromatic N) is 3. The summed E-state index contributed by atoms with van der Waals surface area (Å²) in [4.78, 5) is 22.3. The summed E-state index contributed by atoms with van der Waals surface area (Å²) in [6, 6.07) is 17.0. The van der Waals surface area contributed by atoms with Crippen molar-refractivity contribution in [2.75, 3.05) is 0 Å². The highest BCUT2D eigenvalue weighted by Crippen LogP contribution is 2.22. The Morgan fingerprint density at radius 3 is 2.74 bits per heavy atom. The molecule has 27 heavy (non-hydrogen) atoms. The normalized spacial score (nSPS) is 17.8. The molecule has 1 fully saturated rings. The van der Waals surface area contributed by atoms with E-state index in [0.29, 0.717) is 5.56 Å². The lowest BCUT2D eigenvalue weighted by atomic mass is 10.0. The maximum atomic E-state index is 11.6. The highest BCUT2D eigenvalue weighted by molar-refractivity contribution is 8.15. The van der Waals surface area contributed by atoms with E-state index in [9.17, 15) is 9.59 Å². The summed E-state index contributed by atoms with van der Waals surface area (Å²) in [5.41, 5.74) is 3.35. The minimum Gasteiger partial charge on any atom is -0.481 e. The van der Waals surface area contributed by atoms with Crippen molar-refractivity contribution < 1.29 is 14.7 Å². The molecule has 2 N–H and O–H groups in total. The number of amides is 1. The second kappa shape index (κ2) is 8.29. The average molecular weight is 378 g/mol. The van der Waals surface area contributed by atoms with Crippen LogP contribution in [0, 0.1) is 11.3 Å². The topological polar surface area (TPSA) is 115 Å². The van der Waals surface area contributed by atoms with Gasteiger partial charge in [0.15, 0.2) is 5.17 Å². The Bertz CT molecular complexity index is 977. The van der Waals surface area contributed by atoms with Gasteiger partial charge in [0, 0.05) is 0 Å². The van der Waals surface area contributed by atoms with E-state index in [0.717, 1.165) is 28.5 Å². The van der Waals surface area contributed by atoms with E-state index in [-0.39, 0.29) is 17.5 Å². The number of carboxylic acid groups (broad SMARTS) is 1. The lowest BCUT2D eigenvalue weighted by Gasteiger charge is -2.02. The van der Waals surface area contributed by atoms with Gasteiger partial charge in [-0.15, -0.1) is 5.10 Å². The standard InChI is InChI=1S/C19H14N4O3S/c20-10-13-2-1-3-15(8-13)14-6-4-12(5-7-14)11-21-23-19-22-18(26)16(27-19)9-17(24)25/h1-8,11,16H,9H2,(H,24,25)(H,22,23,26). The van der Waals surface area contributed by atoms with Gasteiger partial charge in [-0.05, 0) is 28.8 Å². The van der Waals surface area contributed by atoms with Crippen LogP contribution in [0.1, 0.15) is 17.5 Å². The minimum absolute atomic E-state index is 0.256. The van der Waals surface area contributed by atoms with E-state index in [1.54, 1.807) is 12.3 Å². The summed E-state index contributed by atoms with van der Waals surface area (Å²) >= 11 is 1.05. The molecule has 0 aliphatic carbocycles. The quantitative estimate of drug-likeness (QED) is 0.613. The van der Waals surface area contributed by atoms with Crippen LogP contribution in [0.5, 0.6) is 0 Å². The fourth-order valence-electron chi connectivity index (χ4n) is 2.42. The monoisotopic (exact) mass is 378 g/mol. The number of amidine groups is 1. The Kier molecular flexibility index (Phi) is 5.64. The predicted octanol–water partition coefficient (Wildman–Crippen LogP) is 2.62. The molecule has 1 saturated heterocycles. The van der Waals surface area contributed by atoms with E-state index in [1.807, 2.05) is 42.5 Å². The van der Waals surface area contributed by atoms with Crippen LogP contribution in [0.4, 0.5) is 0 Å². The van der Waals surface area contributed by atoms with Gasteiger partial charge in [-0.25, -0.2) is 0 Å². The van der Waals surface area contributed by atoms with E-state index < -0.39 is 11.2 Å². The molecular formula is C19H14N4O3S. The van der Waals surface area contributed by atoms with Gasteiger partial charge in [0.2, 0.25) is 5.91 Å². The van der Waals surface area contributed by atoms with Crippen LogP contribution in [-0.4, -0.2) is 33.6 Å². The lowest BCUT2D eigenvalue weighted by Crippen LogP contribution is -2.26.